The van der Waals surface area contributed by atoms with Crippen LogP contribution >= 0.6 is 0 Å². The minimum atomic E-state index is 0.179. The first-order valence-corrected chi connectivity index (χ1v) is 6.58. The summed E-state index contributed by atoms with van der Waals surface area (Å²) in [6.45, 7) is 5.94. The Kier molecular flexibility index (Phi) is 3.10. The maximum atomic E-state index is 5.64. The molecule has 0 atom stereocenters. The van der Waals surface area contributed by atoms with Crippen LogP contribution in [0.4, 0.5) is 0 Å². The lowest BCUT2D eigenvalue weighted by Gasteiger charge is -2.10. The quantitative estimate of drug-likeness (QED) is 0.733. The highest BCUT2D eigenvalue weighted by Gasteiger charge is 2.05. The van der Waals surface area contributed by atoms with Gasteiger partial charge in [-0.05, 0) is 38.5 Å². The zero-order chi connectivity index (χ0) is 14.1. The Morgan fingerprint density at radius 3 is 2.50 bits per heavy atom. The molecule has 2 heterocycles. The topological polar surface area (TPSA) is 52.3 Å². The number of ether oxygens (including phenoxy) is 1. The fourth-order valence-electron chi connectivity index (χ4n) is 2.04. The van der Waals surface area contributed by atoms with E-state index >= 15 is 0 Å². The smallest absolute Gasteiger partial charge is 0.254 e. The van der Waals surface area contributed by atoms with Crippen LogP contribution in [0.1, 0.15) is 19.7 Å². The summed E-state index contributed by atoms with van der Waals surface area (Å²) in [4.78, 5) is 4.31. The average molecular weight is 268 g/mol. The highest BCUT2D eigenvalue weighted by atomic mass is 16.5. The third-order valence-electron chi connectivity index (χ3n) is 2.99. The predicted molar refractivity (Wildman–Crippen MR) is 76.7 cm³/mol. The summed E-state index contributed by atoms with van der Waals surface area (Å²) < 4.78 is 7.52. The van der Waals surface area contributed by atoms with Gasteiger partial charge in [-0.3, -0.25) is 4.40 Å². The van der Waals surface area contributed by atoms with Crippen molar-refractivity contribution in [3.63, 3.8) is 0 Å². The van der Waals surface area contributed by atoms with E-state index in [0.717, 1.165) is 22.7 Å². The lowest BCUT2D eigenvalue weighted by atomic mass is 10.1. The Hall–Kier alpha value is -2.43. The molecule has 102 valence electrons. The van der Waals surface area contributed by atoms with Gasteiger partial charge in [0, 0.05) is 18.0 Å². The molecule has 0 amide bonds. The van der Waals surface area contributed by atoms with Gasteiger partial charge >= 0.3 is 0 Å². The number of rotatable bonds is 3. The molecule has 0 fully saturated rings. The van der Waals surface area contributed by atoms with E-state index in [1.54, 1.807) is 0 Å². The van der Waals surface area contributed by atoms with Crippen LogP contribution in [-0.4, -0.2) is 25.7 Å². The van der Waals surface area contributed by atoms with Crippen LogP contribution in [0.3, 0.4) is 0 Å². The molecule has 0 aliphatic heterocycles. The molecule has 0 aliphatic carbocycles. The van der Waals surface area contributed by atoms with Gasteiger partial charge in [-0.1, -0.05) is 12.1 Å². The molecule has 0 aliphatic rings. The minimum Gasteiger partial charge on any atom is -0.491 e. The first kappa shape index (κ1) is 12.6. The summed E-state index contributed by atoms with van der Waals surface area (Å²) in [6, 6.07) is 8.00. The van der Waals surface area contributed by atoms with E-state index in [9.17, 15) is 0 Å². The van der Waals surface area contributed by atoms with Crippen LogP contribution in [-0.2, 0) is 0 Å². The molecular formula is C15H16N4O. The number of hydrogen-bond acceptors (Lipinski definition) is 4. The van der Waals surface area contributed by atoms with Crippen molar-refractivity contribution >= 4 is 5.78 Å². The third kappa shape index (κ3) is 2.34. The second kappa shape index (κ2) is 4.92. The lowest BCUT2D eigenvalue weighted by molar-refractivity contribution is 0.242. The van der Waals surface area contributed by atoms with E-state index < -0.39 is 0 Å². The number of aryl methyl sites for hydroxylation is 1. The van der Waals surface area contributed by atoms with Gasteiger partial charge in [0.05, 0.1) is 6.10 Å². The molecule has 0 bridgehead atoms. The molecule has 2 aromatic heterocycles. The van der Waals surface area contributed by atoms with Gasteiger partial charge in [-0.25, -0.2) is 4.98 Å². The molecule has 0 saturated carbocycles. The molecule has 5 nitrogen and oxygen atoms in total. The fraction of sp³-hybridized carbons (Fsp3) is 0.267. The van der Waals surface area contributed by atoms with Crippen molar-refractivity contribution in [1.29, 1.82) is 0 Å². The Morgan fingerprint density at radius 2 is 1.80 bits per heavy atom. The normalized spacial score (nSPS) is 11.2. The zero-order valence-electron chi connectivity index (χ0n) is 11.7. The summed E-state index contributed by atoms with van der Waals surface area (Å²) in [5.41, 5.74) is 2.11. The predicted octanol–water partition coefficient (Wildman–Crippen LogP) is 2.89. The first-order chi connectivity index (χ1) is 9.63. The van der Waals surface area contributed by atoms with Gasteiger partial charge in [0.1, 0.15) is 11.6 Å². The average Bonchev–Trinajstić information content (AvgIpc) is 2.80. The van der Waals surface area contributed by atoms with Crippen molar-refractivity contribution < 1.29 is 4.74 Å². The number of hydrogen-bond donors (Lipinski definition) is 0. The van der Waals surface area contributed by atoms with Crippen molar-refractivity contribution in [2.75, 3.05) is 0 Å². The number of aromatic nitrogens is 4. The van der Waals surface area contributed by atoms with Gasteiger partial charge in [-0.15, -0.1) is 10.2 Å². The summed E-state index contributed by atoms with van der Waals surface area (Å²) >= 11 is 0. The highest BCUT2D eigenvalue weighted by molar-refractivity contribution is 5.63. The van der Waals surface area contributed by atoms with Crippen molar-refractivity contribution in [1.82, 2.24) is 19.6 Å². The van der Waals surface area contributed by atoms with E-state index in [4.69, 9.17) is 4.74 Å². The largest absolute Gasteiger partial charge is 0.491 e. The van der Waals surface area contributed by atoms with Gasteiger partial charge in [0.25, 0.3) is 5.78 Å². The van der Waals surface area contributed by atoms with Gasteiger partial charge in [0.15, 0.2) is 0 Å². The minimum absolute atomic E-state index is 0.179. The molecule has 0 unspecified atom stereocenters. The van der Waals surface area contributed by atoms with Gasteiger partial charge in [0.2, 0.25) is 0 Å². The lowest BCUT2D eigenvalue weighted by Crippen LogP contribution is -2.05. The van der Waals surface area contributed by atoms with E-state index in [-0.39, 0.29) is 6.10 Å². The molecular weight excluding hydrogens is 252 g/mol. The Bertz CT molecular complexity index is 731. The van der Waals surface area contributed by atoms with Crippen molar-refractivity contribution in [2.24, 2.45) is 0 Å². The number of fused-ring (bicyclic) bond motifs is 1. The summed E-state index contributed by atoms with van der Waals surface area (Å²) in [6.07, 6.45) is 3.98. The molecule has 5 heteroatoms. The van der Waals surface area contributed by atoms with Crippen LogP contribution in [0.25, 0.3) is 16.9 Å². The van der Waals surface area contributed by atoms with Crippen molar-refractivity contribution in [3.8, 4) is 16.9 Å². The molecule has 0 spiro atoms. The number of benzene rings is 1. The molecule has 3 rings (SSSR count). The van der Waals surface area contributed by atoms with Crippen LogP contribution < -0.4 is 4.74 Å². The molecule has 20 heavy (non-hydrogen) atoms. The summed E-state index contributed by atoms with van der Waals surface area (Å²) in [5.74, 6) is 2.32. The fourth-order valence-corrected chi connectivity index (χ4v) is 2.04. The molecule has 0 radical (unpaired) electrons. The Labute approximate surface area is 117 Å². The first-order valence-electron chi connectivity index (χ1n) is 6.58. The molecule has 0 N–H and O–H groups in total. The van der Waals surface area contributed by atoms with E-state index in [1.807, 2.05) is 61.8 Å². The van der Waals surface area contributed by atoms with Crippen LogP contribution in [0.2, 0.25) is 0 Å². The van der Waals surface area contributed by atoms with E-state index in [1.165, 1.54) is 0 Å². The molecule has 0 saturated heterocycles. The summed E-state index contributed by atoms with van der Waals surface area (Å²) in [7, 11) is 0. The van der Waals surface area contributed by atoms with E-state index in [2.05, 4.69) is 15.2 Å². The zero-order valence-corrected chi connectivity index (χ0v) is 11.7. The standard InChI is InChI=1S/C15H16N4O/c1-10(2)20-14-6-4-12(5-7-14)13-8-16-15-18-17-11(3)19(15)9-13/h4-10H,1-3H3. The van der Waals surface area contributed by atoms with Crippen LogP contribution in [0, 0.1) is 6.92 Å². The molecule has 1 aromatic carbocycles. The van der Waals surface area contributed by atoms with Gasteiger partial charge in [-0.2, -0.15) is 0 Å². The van der Waals surface area contributed by atoms with Crippen molar-refractivity contribution in [2.45, 2.75) is 26.9 Å². The maximum Gasteiger partial charge on any atom is 0.254 e. The number of nitrogens with zero attached hydrogens (tertiary/aromatic N) is 4. The van der Waals surface area contributed by atoms with E-state index in [0.29, 0.717) is 5.78 Å². The Morgan fingerprint density at radius 1 is 1.05 bits per heavy atom. The monoisotopic (exact) mass is 268 g/mol. The highest BCUT2D eigenvalue weighted by Crippen LogP contribution is 2.22. The van der Waals surface area contributed by atoms with Gasteiger partial charge < -0.3 is 4.74 Å². The Balaban J connectivity index is 1.95. The second-order valence-corrected chi connectivity index (χ2v) is 4.95. The SMILES string of the molecule is Cc1nnc2ncc(-c3ccc(OC(C)C)cc3)cn12. The van der Waals surface area contributed by atoms with Crippen LogP contribution in [0.15, 0.2) is 36.7 Å². The summed E-state index contributed by atoms with van der Waals surface area (Å²) in [5, 5.41) is 7.99. The van der Waals surface area contributed by atoms with Crippen molar-refractivity contribution in [3.05, 3.63) is 42.5 Å². The maximum absolute atomic E-state index is 5.64. The molecule has 3 aromatic rings. The second-order valence-electron chi connectivity index (χ2n) is 4.95. The van der Waals surface area contributed by atoms with Crippen LogP contribution in [0.5, 0.6) is 5.75 Å². The third-order valence-corrected chi connectivity index (χ3v) is 2.99.